The lowest BCUT2D eigenvalue weighted by Gasteiger charge is -2.05. The van der Waals surface area contributed by atoms with Crippen molar-refractivity contribution in [3.05, 3.63) is 0 Å². The molecule has 0 bridgehead atoms. The number of sulfonamides is 1. The van der Waals surface area contributed by atoms with Crippen LogP contribution in [0.5, 0.6) is 0 Å². The van der Waals surface area contributed by atoms with Crippen molar-refractivity contribution < 1.29 is 8.42 Å². The molecule has 0 fully saturated rings. The monoisotopic (exact) mass is 222 g/mol. The van der Waals surface area contributed by atoms with Crippen LogP contribution in [0.2, 0.25) is 0 Å². The third-order valence-electron chi connectivity index (χ3n) is 1.97. The van der Waals surface area contributed by atoms with Crippen molar-refractivity contribution in [2.45, 2.75) is 39.0 Å². The molecule has 0 aromatic rings. The Kier molecular flexibility index (Phi) is 8.12. The Hall–Kier alpha value is -0.130. The van der Waals surface area contributed by atoms with Gasteiger partial charge in [-0.05, 0) is 25.8 Å². The highest BCUT2D eigenvalue weighted by atomic mass is 32.2. The van der Waals surface area contributed by atoms with Gasteiger partial charge in [0.15, 0.2) is 0 Å². The minimum Gasteiger partial charge on any atom is -0.330 e. The zero-order valence-electron chi connectivity index (χ0n) is 8.96. The fourth-order valence-corrected chi connectivity index (χ4v) is 2.30. The van der Waals surface area contributed by atoms with Crippen LogP contribution in [0.25, 0.3) is 0 Å². The predicted octanol–water partition coefficient (Wildman–Crippen LogP) is 0.835. The van der Waals surface area contributed by atoms with Crippen LogP contribution in [0.4, 0.5) is 0 Å². The fourth-order valence-electron chi connectivity index (χ4n) is 1.11. The van der Waals surface area contributed by atoms with Crippen LogP contribution in [0.15, 0.2) is 0 Å². The maximum atomic E-state index is 11.3. The molecule has 0 aliphatic heterocycles. The molecule has 86 valence electrons. The van der Waals surface area contributed by atoms with Gasteiger partial charge in [-0.15, -0.1) is 0 Å². The van der Waals surface area contributed by atoms with Gasteiger partial charge in [0, 0.05) is 6.54 Å². The van der Waals surface area contributed by atoms with Crippen LogP contribution in [0, 0.1) is 0 Å². The van der Waals surface area contributed by atoms with E-state index >= 15 is 0 Å². The largest absolute Gasteiger partial charge is 0.330 e. The first kappa shape index (κ1) is 13.9. The number of unbranched alkanes of at least 4 members (excludes halogenated alkanes) is 3. The van der Waals surface area contributed by atoms with Gasteiger partial charge < -0.3 is 5.73 Å². The highest BCUT2D eigenvalue weighted by molar-refractivity contribution is 7.89. The summed E-state index contributed by atoms with van der Waals surface area (Å²) in [5.74, 6) is 0.205. The van der Waals surface area contributed by atoms with Gasteiger partial charge in [-0.25, -0.2) is 13.1 Å². The zero-order chi connectivity index (χ0) is 10.9. The number of nitrogens with one attached hydrogen (secondary N) is 1. The lowest BCUT2D eigenvalue weighted by Crippen LogP contribution is -2.27. The lowest BCUT2D eigenvalue weighted by molar-refractivity contribution is 0.572. The summed E-state index contributed by atoms with van der Waals surface area (Å²) in [6.07, 6.45) is 4.53. The lowest BCUT2D eigenvalue weighted by atomic mass is 10.3. The molecule has 0 radical (unpaired) electrons. The van der Waals surface area contributed by atoms with E-state index in [9.17, 15) is 8.42 Å². The molecule has 0 aliphatic rings. The van der Waals surface area contributed by atoms with Crippen LogP contribution >= 0.6 is 0 Å². The minimum atomic E-state index is -3.04. The maximum Gasteiger partial charge on any atom is 0.211 e. The van der Waals surface area contributed by atoms with Crippen LogP contribution in [0.1, 0.15) is 39.0 Å². The smallest absolute Gasteiger partial charge is 0.211 e. The third-order valence-corrected chi connectivity index (χ3v) is 3.44. The fraction of sp³-hybridized carbons (Fsp3) is 1.00. The molecule has 0 saturated heterocycles. The van der Waals surface area contributed by atoms with E-state index in [1.54, 1.807) is 0 Å². The average Bonchev–Trinajstić information content (AvgIpc) is 2.13. The molecule has 0 aliphatic carbocycles. The molecule has 0 aromatic carbocycles. The van der Waals surface area contributed by atoms with Crippen molar-refractivity contribution in [1.29, 1.82) is 0 Å². The third kappa shape index (κ3) is 8.47. The minimum absolute atomic E-state index is 0.205. The van der Waals surface area contributed by atoms with Crippen LogP contribution in [0.3, 0.4) is 0 Å². The number of hydrogen-bond donors (Lipinski definition) is 2. The molecule has 0 spiro atoms. The first-order valence-corrected chi connectivity index (χ1v) is 6.95. The van der Waals surface area contributed by atoms with E-state index in [1.807, 2.05) is 0 Å². The molecular formula is C9H22N2O2S. The summed E-state index contributed by atoms with van der Waals surface area (Å²) in [5.41, 5.74) is 5.28. The quantitative estimate of drug-likeness (QED) is 0.568. The molecule has 0 saturated carbocycles. The van der Waals surface area contributed by atoms with E-state index < -0.39 is 10.0 Å². The summed E-state index contributed by atoms with van der Waals surface area (Å²) in [4.78, 5) is 0. The summed E-state index contributed by atoms with van der Waals surface area (Å²) in [5, 5.41) is 0. The van der Waals surface area contributed by atoms with Gasteiger partial charge in [0.25, 0.3) is 0 Å². The van der Waals surface area contributed by atoms with Gasteiger partial charge in [-0.2, -0.15) is 0 Å². The van der Waals surface area contributed by atoms with Gasteiger partial charge in [0.1, 0.15) is 0 Å². The first-order valence-electron chi connectivity index (χ1n) is 5.30. The van der Waals surface area contributed by atoms with Gasteiger partial charge in [0.2, 0.25) is 10.0 Å². The Bertz CT molecular complexity index is 215. The Morgan fingerprint density at radius 2 is 1.86 bits per heavy atom. The van der Waals surface area contributed by atoms with E-state index in [1.165, 1.54) is 0 Å². The Balaban J connectivity index is 3.52. The van der Waals surface area contributed by atoms with E-state index in [-0.39, 0.29) is 5.75 Å². The molecule has 5 heteroatoms. The van der Waals surface area contributed by atoms with Gasteiger partial charge in [-0.1, -0.05) is 19.8 Å². The molecule has 0 heterocycles. The molecule has 3 N–H and O–H groups in total. The molecule has 0 rings (SSSR count). The molecule has 0 aromatic heterocycles. The molecule has 4 nitrogen and oxygen atoms in total. The molecule has 0 atom stereocenters. The normalized spacial score (nSPS) is 11.9. The summed E-state index contributed by atoms with van der Waals surface area (Å²) in [7, 11) is -3.04. The van der Waals surface area contributed by atoms with Crippen molar-refractivity contribution in [2.75, 3.05) is 18.8 Å². The number of hydrogen-bond acceptors (Lipinski definition) is 3. The predicted molar refractivity (Wildman–Crippen MR) is 59.6 cm³/mol. The second kappa shape index (κ2) is 8.20. The second-order valence-corrected chi connectivity index (χ2v) is 5.34. The van der Waals surface area contributed by atoms with Crippen molar-refractivity contribution in [1.82, 2.24) is 4.72 Å². The highest BCUT2D eigenvalue weighted by Crippen LogP contribution is 1.96. The van der Waals surface area contributed by atoms with Gasteiger partial charge in [-0.3, -0.25) is 0 Å². The average molecular weight is 222 g/mol. The van der Waals surface area contributed by atoms with Crippen molar-refractivity contribution in [3.63, 3.8) is 0 Å². The first-order chi connectivity index (χ1) is 6.62. The molecule has 14 heavy (non-hydrogen) atoms. The highest BCUT2D eigenvalue weighted by Gasteiger charge is 2.07. The molecule has 0 amide bonds. The summed E-state index contributed by atoms with van der Waals surface area (Å²) < 4.78 is 25.2. The van der Waals surface area contributed by atoms with Crippen molar-refractivity contribution in [3.8, 4) is 0 Å². The Labute approximate surface area is 87.3 Å². The van der Waals surface area contributed by atoms with Gasteiger partial charge in [0.05, 0.1) is 5.75 Å². The van der Waals surface area contributed by atoms with E-state index in [0.29, 0.717) is 19.5 Å². The summed E-state index contributed by atoms with van der Waals surface area (Å²) in [6.45, 7) is 3.22. The van der Waals surface area contributed by atoms with Crippen LogP contribution in [-0.4, -0.2) is 27.3 Å². The summed E-state index contributed by atoms with van der Waals surface area (Å²) >= 11 is 0. The Morgan fingerprint density at radius 1 is 1.14 bits per heavy atom. The van der Waals surface area contributed by atoms with E-state index in [0.717, 1.165) is 25.7 Å². The molecule has 0 unspecified atom stereocenters. The molecular weight excluding hydrogens is 200 g/mol. The van der Waals surface area contributed by atoms with Gasteiger partial charge >= 0.3 is 0 Å². The maximum absolute atomic E-state index is 11.3. The topological polar surface area (TPSA) is 72.2 Å². The Morgan fingerprint density at radius 3 is 2.43 bits per heavy atom. The second-order valence-electron chi connectivity index (χ2n) is 3.42. The van der Waals surface area contributed by atoms with Crippen molar-refractivity contribution in [2.24, 2.45) is 5.73 Å². The number of nitrogens with two attached hydrogens (primary N) is 1. The van der Waals surface area contributed by atoms with Crippen LogP contribution < -0.4 is 10.5 Å². The van der Waals surface area contributed by atoms with Crippen molar-refractivity contribution >= 4 is 10.0 Å². The standard InChI is InChI=1S/C9H22N2O2S/c1-2-3-5-8-11-14(12,13)9-6-4-7-10/h11H,2-10H2,1H3. The van der Waals surface area contributed by atoms with E-state index in [2.05, 4.69) is 11.6 Å². The summed E-state index contributed by atoms with van der Waals surface area (Å²) in [6, 6.07) is 0. The SMILES string of the molecule is CCCCCNS(=O)(=O)CCCCN. The zero-order valence-corrected chi connectivity index (χ0v) is 9.78. The number of rotatable bonds is 9. The van der Waals surface area contributed by atoms with Crippen LogP contribution in [-0.2, 0) is 10.0 Å². The van der Waals surface area contributed by atoms with E-state index in [4.69, 9.17) is 5.73 Å².